The van der Waals surface area contributed by atoms with Gasteiger partial charge in [-0.3, -0.25) is 9.69 Å². The second kappa shape index (κ2) is 9.50. The van der Waals surface area contributed by atoms with Crippen LogP contribution in [0.2, 0.25) is 5.02 Å². The van der Waals surface area contributed by atoms with E-state index in [1.54, 1.807) is 6.07 Å². The van der Waals surface area contributed by atoms with Crippen LogP contribution in [0.3, 0.4) is 0 Å². The van der Waals surface area contributed by atoms with Crippen molar-refractivity contribution >= 4 is 17.5 Å². The molecule has 1 amide bonds. The van der Waals surface area contributed by atoms with Crippen molar-refractivity contribution in [2.75, 3.05) is 6.54 Å². The Hall–Kier alpha value is -1.95. The van der Waals surface area contributed by atoms with Gasteiger partial charge in [0.05, 0.1) is 6.04 Å². The lowest BCUT2D eigenvalue weighted by molar-refractivity contribution is -0.126. The maximum Gasteiger partial charge on any atom is 0.237 e. The Balaban J connectivity index is 1.68. The fraction of sp³-hybridized carbons (Fsp3) is 0.409. The van der Waals surface area contributed by atoms with Crippen molar-refractivity contribution in [1.29, 1.82) is 0 Å². The minimum absolute atomic E-state index is 0.0390. The molecule has 3 rings (SSSR count). The molecule has 2 atom stereocenters. The molecule has 0 aliphatic carbocycles. The van der Waals surface area contributed by atoms with Crippen molar-refractivity contribution < 1.29 is 9.18 Å². The molecular weight excluding hydrogens is 377 g/mol. The first-order valence-corrected chi connectivity index (χ1v) is 10.1. The van der Waals surface area contributed by atoms with Gasteiger partial charge < -0.3 is 10.6 Å². The number of carbonyl (C=O) groups excluding carboxylic acids is 1. The van der Waals surface area contributed by atoms with Gasteiger partial charge in [0.25, 0.3) is 0 Å². The summed E-state index contributed by atoms with van der Waals surface area (Å²) in [4.78, 5) is 14.9. The Kier molecular flexibility index (Phi) is 7.05. The normalized spacial score (nSPS) is 19.9. The van der Waals surface area contributed by atoms with Gasteiger partial charge in [0, 0.05) is 36.7 Å². The number of hydrogen-bond acceptors (Lipinski definition) is 3. The zero-order valence-electron chi connectivity index (χ0n) is 16.3. The van der Waals surface area contributed by atoms with Crippen LogP contribution in [0.15, 0.2) is 48.5 Å². The molecule has 1 saturated heterocycles. The number of likely N-dealkylation sites (tertiary alicyclic amines) is 1. The summed E-state index contributed by atoms with van der Waals surface area (Å²) in [6.07, 6.45) is 0.707. The van der Waals surface area contributed by atoms with E-state index in [-0.39, 0.29) is 29.8 Å². The average molecular weight is 404 g/mol. The average Bonchev–Trinajstić information content (AvgIpc) is 3.04. The summed E-state index contributed by atoms with van der Waals surface area (Å²) in [5, 5.41) is 7.21. The molecule has 1 aliphatic rings. The van der Waals surface area contributed by atoms with E-state index in [2.05, 4.69) is 15.5 Å². The lowest BCUT2D eigenvalue weighted by Gasteiger charge is -2.24. The minimum atomic E-state index is -0.236. The number of nitrogens with zero attached hydrogens (tertiary/aromatic N) is 1. The van der Waals surface area contributed by atoms with E-state index in [9.17, 15) is 9.18 Å². The quantitative estimate of drug-likeness (QED) is 0.740. The predicted octanol–water partition coefficient (Wildman–Crippen LogP) is 3.74. The maximum absolute atomic E-state index is 13.4. The summed E-state index contributed by atoms with van der Waals surface area (Å²) < 4.78 is 13.4. The first-order chi connectivity index (χ1) is 13.4. The van der Waals surface area contributed by atoms with E-state index in [1.165, 1.54) is 12.1 Å². The highest BCUT2D eigenvalue weighted by atomic mass is 35.5. The molecule has 28 heavy (non-hydrogen) atoms. The molecule has 2 N–H and O–H groups in total. The van der Waals surface area contributed by atoms with Gasteiger partial charge in [0.15, 0.2) is 0 Å². The second-order valence-electron chi connectivity index (χ2n) is 7.64. The smallest absolute Gasteiger partial charge is 0.237 e. The Morgan fingerprint density at radius 2 is 2.04 bits per heavy atom. The summed E-state index contributed by atoms with van der Waals surface area (Å²) in [6, 6.07) is 14.3. The van der Waals surface area contributed by atoms with Gasteiger partial charge in [-0.1, -0.05) is 41.9 Å². The van der Waals surface area contributed by atoms with Crippen LogP contribution in [0.25, 0.3) is 0 Å². The van der Waals surface area contributed by atoms with E-state index in [0.717, 1.165) is 17.7 Å². The van der Waals surface area contributed by atoms with Crippen LogP contribution in [0, 0.1) is 5.82 Å². The highest BCUT2D eigenvalue weighted by molar-refractivity contribution is 6.31. The summed E-state index contributed by atoms with van der Waals surface area (Å²) in [5.41, 5.74) is 1.91. The molecule has 0 saturated carbocycles. The Morgan fingerprint density at radius 1 is 1.25 bits per heavy atom. The molecule has 6 heteroatoms. The van der Waals surface area contributed by atoms with Gasteiger partial charge in [-0.25, -0.2) is 4.39 Å². The predicted molar refractivity (Wildman–Crippen MR) is 111 cm³/mol. The molecule has 1 heterocycles. The third kappa shape index (κ3) is 5.53. The van der Waals surface area contributed by atoms with Crippen molar-refractivity contribution in [3.63, 3.8) is 0 Å². The zero-order chi connectivity index (χ0) is 20.1. The highest BCUT2D eigenvalue weighted by Crippen LogP contribution is 2.24. The number of hydrogen-bond donors (Lipinski definition) is 2. The lowest BCUT2D eigenvalue weighted by atomic mass is 10.1. The van der Waals surface area contributed by atoms with Crippen LogP contribution in [-0.2, 0) is 17.9 Å². The van der Waals surface area contributed by atoms with Crippen LogP contribution < -0.4 is 10.6 Å². The first-order valence-electron chi connectivity index (χ1n) is 9.68. The van der Waals surface area contributed by atoms with E-state index in [0.29, 0.717) is 24.5 Å². The first kappa shape index (κ1) is 20.8. The molecule has 2 aromatic rings. The highest BCUT2D eigenvalue weighted by Gasteiger charge is 2.36. The third-order valence-electron chi connectivity index (χ3n) is 4.95. The molecule has 0 bridgehead atoms. The van der Waals surface area contributed by atoms with Crippen LogP contribution in [0.5, 0.6) is 0 Å². The molecular formula is C22H27ClFN3O. The lowest BCUT2D eigenvalue weighted by Crippen LogP contribution is -2.45. The summed E-state index contributed by atoms with van der Waals surface area (Å²) >= 11 is 6.33. The van der Waals surface area contributed by atoms with Gasteiger partial charge >= 0.3 is 0 Å². The standard InChI is InChI=1S/C22H27ClFN3O/c1-15(2)26-22(28)21-11-19(25-12-16-6-5-8-18(24)10-16)14-27(21)13-17-7-3-4-9-20(17)23/h3-10,15,19,21,25H,11-14H2,1-2H3,(H,26,28)/t19-,21-/m0/s1. The van der Waals surface area contributed by atoms with Gasteiger partial charge in [0.2, 0.25) is 5.91 Å². The van der Waals surface area contributed by atoms with Gasteiger partial charge in [-0.15, -0.1) is 0 Å². The van der Waals surface area contributed by atoms with Crippen molar-refractivity contribution in [3.05, 3.63) is 70.5 Å². The molecule has 150 valence electrons. The number of nitrogens with one attached hydrogen (secondary N) is 2. The summed E-state index contributed by atoms with van der Waals surface area (Å²) in [6.45, 7) is 5.85. The van der Waals surface area contributed by atoms with Crippen LogP contribution >= 0.6 is 11.6 Å². The van der Waals surface area contributed by atoms with Crippen molar-refractivity contribution in [2.24, 2.45) is 0 Å². The van der Waals surface area contributed by atoms with Gasteiger partial charge in [-0.05, 0) is 49.6 Å². The molecule has 0 radical (unpaired) electrons. The van der Waals surface area contributed by atoms with Gasteiger partial charge in [0.1, 0.15) is 5.82 Å². The van der Waals surface area contributed by atoms with Crippen LogP contribution in [0.4, 0.5) is 4.39 Å². The Labute approximate surface area is 171 Å². The summed E-state index contributed by atoms with van der Waals surface area (Å²) in [7, 11) is 0. The Bertz CT molecular complexity index is 814. The summed E-state index contributed by atoms with van der Waals surface area (Å²) in [5.74, 6) is -0.197. The van der Waals surface area contributed by atoms with E-state index in [1.807, 2.05) is 44.2 Å². The largest absolute Gasteiger partial charge is 0.353 e. The van der Waals surface area contributed by atoms with Gasteiger partial charge in [-0.2, -0.15) is 0 Å². The topological polar surface area (TPSA) is 44.4 Å². The van der Waals surface area contributed by atoms with Crippen LogP contribution in [0.1, 0.15) is 31.4 Å². The van der Waals surface area contributed by atoms with E-state index >= 15 is 0 Å². The molecule has 0 spiro atoms. The minimum Gasteiger partial charge on any atom is -0.353 e. The van der Waals surface area contributed by atoms with Crippen LogP contribution in [-0.4, -0.2) is 35.5 Å². The number of rotatable bonds is 7. The fourth-order valence-corrected chi connectivity index (χ4v) is 3.83. The molecule has 2 aromatic carbocycles. The van der Waals surface area contributed by atoms with E-state index in [4.69, 9.17) is 11.6 Å². The fourth-order valence-electron chi connectivity index (χ4n) is 3.63. The van der Waals surface area contributed by atoms with Crippen molar-refractivity contribution in [1.82, 2.24) is 15.5 Å². The number of halogens is 2. The maximum atomic E-state index is 13.4. The molecule has 1 aliphatic heterocycles. The number of carbonyl (C=O) groups is 1. The van der Waals surface area contributed by atoms with Crippen molar-refractivity contribution in [3.8, 4) is 0 Å². The zero-order valence-corrected chi connectivity index (χ0v) is 17.0. The third-order valence-corrected chi connectivity index (χ3v) is 5.32. The van der Waals surface area contributed by atoms with Crippen molar-refractivity contribution in [2.45, 2.75) is 51.5 Å². The second-order valence-corrected chi connectivity index (χ2v) is 8.05. The van der Waals surface area contributed by atoms with E-state index < -0.39 is 0 Å². The number of benzene rings is 2. The Morgan fingerprint density at radius 3 is 2.75 bits per heavy atom. The number of amides is 1. The molecule has 0 aromatic heterocycles. The molecule has 0 unspecified atom stereocenters. The monoisotopic (exact) mass is 403 g/mol. The SMILES string of the molecule is CC(C)NC(=O)[C@@H]1C[C@H](NCc2cccc(F)c2)CN1Cc1ccccc1Cl. The molecule has 4 nitrogen and oxygen atoms in total. The molecule has 1 fully saturated rings.